The van der Waals surface area contributed by atoms with E-state index in [-0.39, 0.29) is 0 Å². The zero-order chi connectivity index (χ0) is 16.8. The van der Waals surface area contributed by atoms with Crippen LogP contribution in [0.4, 0.5) is 0 Å². The van der Waals surface area contributed by atoms with Crippen molar-refractivity contribution in [1.29, 1.82) is 0 Å². The molecule has 0 unspecified atom stereocenters. The molecule has 5 rings (SSSR count). The number of rotatable bonds is 2. The number of hydrogen-bond donors (Lipinski definition) is 2. The minimum atomic E-state index is 0.727. The highest BCUT2D eigenvalue weighted by Crippen LogP contribution is 2.28. The molecule has 0 atom stereocenters. The summed E-state index contributed by atoms with van der Waals surface area (Å²) in [7, 11) is 0. The zero-order valence-corrected chi connectivity index (χ0v) is 13.9. The maximum absolute atomic E-state index is 6.07. The van der Waals surface area contributed by atoms with Gasteiger partial charge in [-0.3, -0.25) is 4.98 Å². The highest BCUT2D eigenvalue weighted by Gasteiger charge is 2.10. The third-order valence-corrected chi connectivity index (χ3v) is 4.57. The molecule has 0 aliphatic heterocycles. The lowest BCUT2D eigenvalue weighted by atomic mass is 10.1. The number of halogens is 1. The lowest BCUT2D eigenvalue weighted by Gasteiger charge is -2.00. The van der Waals surface area contributed by atoms with Crippen LogP contribution in [0.25, 0.3) is 44.6 Å². The van der Waals surface area contributed by atoms with E-state index in [0.717, 1.165) is 49.6 Å². The molecule has 0 amide bonds. The number of H-pyrrole nitrogens is 2. The molecular formula is C20H13ClN4. The van der Waals surface area contributed by atoms with Crippen molar-refractivity contribution in [3.8, 4) is 22.6 Å². The van der Waals surface area contributed by atoms with Crippen molar-refractivity contribution >= 4 is 33.5 Å². The Kier molecular flexibility index (Phi) is 3.11. The van der Waals surface area contributed by atoms with Crippen LogP contribution in [-0.2, 0) is 0 Å². The second-order valence-electron chi connectivity index (χ2n) is 5.97. The minimum Gasteiger partial charge on any atom is -0.352 e. The molecule has 2 N–H and O–H groups in total. The molecule has 5 heteroatoms. The van der Waals surface area contributed by atoms with Crippen molar-refractivity contribution < 1.29 is 0 Å². The van der Waals surface area contributed by atoms with Crippen LogP contribution in [-0.4, -0.2) is 19.9 Å². The monoisotopic (exact) mass is 344 g/mol. The summed E-state index contributed by atoms with van der Waals surface area (Å²) in [4.78, 5) is 15.6. The number of aromatic nitrogens is 4. The zero-order valence-electron chi connectivity index (χ0n) is 13.1. The number of nitrogens with zero attached hydrogens (tertiary/aromatic N) is 2. The molecule has 120 valence electrons. The van der Waals surface area contributed by atoms with Gasteiger partial charge in [0.1, 0.15) is 0 Å². The highest BCUT2D eigenvalue weighted by atomic mass is 35.5. The third-order valence-electron chi connectivity index (χ3n) is 4.33. The van der Waals surface area contributed by atoms with Crippen molar-refractivity contribution in [2.75, 3.05) is 0 Å². The van der Waals surface area contributed by atoms with Crippen molar-refractivity contribution in [2.24, 2.45) is 0 Å². The average Bonchev–Trinajstić information content (AvgIpc) is 3.25. The van der Waals surface area contributed by atoms with Crippen LogP contribution in [0.5, 0.6) is 0 Å². The third kappa shape index (κ3) is 2.47. The quantitative estimate of drug-likeness (QED) is 0.449. The largest absolute Gasteiger partial charge is 0.352 e. The van der Waals surface area contributed by atoms with E-state index in [1.54, 1.807) is 12.4 Å². The van der Waals surface area contributed by atoms with E-state index in [0.29, 0.717) is 0 Å². The smallest absolute Gasteiger partial charge is 0.155 e. The number of fused-ring (bicyclic) bond motifs is 2. The highest BCUT2D eigenvalue weighted by molar-refractivity contribution is 6.31. The van der Waals surface area contributed by atoms with Gasteiger partial charge in [-0.25, -0.2) is 4.98 Å². The molecule has 0 saturated heterocycles. The molecule has 2 aromatic carbocycles. The molecule has 0 aliphatic carbocycles. The first-order valence-electron chi connectivity index (χ1n) is 7.95. The first kappa shape index (κ1) is 14.3. The fraction of sp³-hybridized carbons (Fsp3) is 0. The van der Waals surface area contributed by atoms with Crippen molar-refractivity contribution in [3.05, 3.63) is 72.0 Å². The molecule has 0 radical (unpaired) electrons. The maximum Gasteiger partial charge on any atom is 0.155 e. The first-order chi connectivity index (χ1) is 12.3. The summed E-state index contributed by atoms with van der Waals surface area (Å²) in [5, 5.41) is 1.80. The van der Waals surface area contributed by atoms with Crippen LogP contribution in [0, 0.1) is 0 Å². The Balaban J connectivity index is 1.61. The maximum atomic E-state index is 6.07. The Morgan fingerprint density at radius 2 is 1.64 bits per heavy atom. The molecule has 5 aromatic rings. The van der Waals surface area contributed by atoms with E-state index in [1.165, 1.54) is 0 Å². The summed E-state index contributed by atoms with van der Waals surface area (Å²) in [6.45, 7) is 0. The lowest BCUT2D eigenvalue weighted by molar-refractivity contribution is 1.29. The fourth-order valence-corrected chi connectivity index (χ4v) is 3.27. The molecule has 3 heterocycles. The Labute approximate surface area is 148 Å². The van der Waals surface area contributed by atoms with Gasteiger partial charge in [0, 0.05) is 28.3 Å². The number of nitrogens with one attached hydrogen (secondary N) is 2. The van der Waals surface area contributed by atoms with Crippen molar-refractivity contribution in [2.45, 2.75) is 0 Å². The van der Waals surface area contributed by atoms with Crippen LogP contribution in [0.15, 0.2) is 67.0 Å². The Hall–Kier alpha value is -3.11. The van der Waals surface area contributed by atoms with Gasteiger partial charge >= 0.3 is 0 Å². The van der Waals surface area contributed by atoms with Crippen molar-refractivity contribution in [3.63, 3.8) is 0 Å². The molecule has 0 spiro atoms. The predicted molar refractivity (Wildman–Crippen MR) is 102 cm³/mol. The molecule has 0 aliphatic rings. The summed E-state index contributed by atoms with van der Waals surface area (Å²) in [5.41, 5.74) is 6.18. The average molecular weight is 345 g/mol. The van der Waals surface area contributed by atoms with Gasteiger partial charge in [-0.1, -0.05) is 17.7 Å². The van der Waals surface area contributed by atoms with Gasteiger partial charge in [0.05, 0.1) is 16.7 Å². The number of benzene rings is 2. The Morgan fingerprint density at radius 1 is 0.760 bits per heavy atom. The fourth-order valence-electron chi connectivity index (χ4n) is 3.09. The second kappa shape index (κ2) is 5.46. The van der Waals surface area contributed by atoms with E-state index in [9.17, 15) is 0 Å². The van der Waals surface area contributed by atoms with Gasteiger partial charge in [-0.15, -0.1) is 0 Å². The van der Waals surface area contributed by atoms with Gasteiger partial charge in [0.15, 0.2) is 5.82 Å². The number of imidazole rings is 1. The molecule has 25 heavy (non-hydrogen) atoms. The predicted octanol–water partition coefficient (Wildman–Crippen LogP) is 5.43. The van der Waals surface area contributed by atoms with Crippen LogP contribution in [0.2, 0.25) is 5.02 Å². The first-order valence-corrected chi connectivity index (χ1v) is 8.33. The van der Waals surface area contributed by atoms with E-state index >= 15 is 0 Å². The minimum absolute atomic E-state index is 0.727. The van der Waals surface area contributed by atoms with Gasteiger partial charge in [-0.05, 0) is 59.7 Å². The molecule has 4 nitrogen and oxygen atoms in total. The number of aromatic amines is 2. The van der Waals surface area contributed by atoms with E-state index in [2.05, 4.69) is 33.2 Å². The number of pyridine rings is 1. The van der Waals surface area contributed by atoms with Crippen molar-refractivity contribution in [1.82, 2.24) is 19.9 Å². The molecule has 0 fully saturated rings. The standard InChI is InChI=1S/C20H13ClN4/c21-15-2-4-16-14(9-15)11-19(23-16)20-24-17-3-1-13(10-18(17)25-20)12-5-7-22-8-6-12/h1-11,23H,(H,24,25). The molecular weight excluding hydrogens is 332 g/mol. The summed E-state index contributed by atoms with van der Waals surface area (Å²) in [6, 6.07) is 18.1. The molecule has 0 bridgehead atoms. The van der Waals surface area contributed by atoms with Crippen LogP contribution >= 0.6 is 11.6 Å². The van der Waals surface area contributed by atoms with E-state index < -0.39 is 0 Å². The molecule has 3 aromatic heterocycles. The van der Waals surface area contributed by atoms with E-state index in [1.807, 2.05) is 36.4 Å². The Bertz CT molecular complexity index is 1200. The van der Waals surface area contributed by atoms with Gasteiger partial charge in [0.2, 0.25) is 0 Å². The Morgan fingerprint density at radius 3 is 2.52 bits per heavy atom. The summed E-state index contributed by atoms with van der Waals surface area (Å²) >= 11 is 6.07. The van der Waals surface area contributed by atoms with Crippen LogP contribution < -0.4 is 0 Å². The van der Waals surface area contributed by atoms with Gasteiger partial charge < -0.3 is 9.97 Å². The van der Waals surface area contributed by atoms with Crippen LogP contribution in [0.1, 0.15) is 0 Å². The summed E-state index contributed by atoms with van der Waals surface area (Å²) < 4.78 is 0. The van der Waals surface area contributed by atoms with Crippen LogP contribution in [0.3, 0.4) is 0 Å². The second-order valence-corrected chi connectivity index (χ2v) is 6.40. The summed E-state index contributed by atoms with van der Waals surface area (Å²) in [6.07, 6.45) is 3.60. The lowest BCUT2D eigenvalue weighted by Crippen LogP contribution is -1.79. The van der Waals surface area contributed by atoms with Gasteiger partial charge in [-0.2, -0.15) is 0 Å². The van der Waals surface area contributed by atoms with Gasteiger partial charge in [0.25, 0.3) is 0 Å². The van der Waals surface area contributed by atoms with E-state index in [4.69, 9.17) is 16.6 Å². The topological polar surface area (TPSA) is 57.4 Å². The normalized spacial score (nSPS) is 11.4. The SMILES string of the molecule is Clc1ccc2[nH]c(-c3nc4ccc(-c5ccncc5)cc4[nH]3)cc2c1. The number of hydrogen-bond acceptors (Lipinski definition) is 2. The summed E-state index contributed by atoms with van der Waals surface area (Å²) in [5.74, 6) is 0.814. The molecule has 0 saturated carbocycles.